The molecule has 2 heterocycles. The van der Waals surface area contributed by atoms with Crippen LogP contribution in [-0.2, 0) is 4.79 Å². The third-order valence-electron chi connectivity index (χ3n) is 4.92. The minimum atomic E-state index is -0.415. The lowest BCUT2D eigenvalue weighted by molar-refractivity contribution is -0.140. The molecule has 3 amide bonds. The molecule has 7 nitrogen and oxygen atoms in total. The van der Waals surface area contributed by atoms with Crippen LogP contribution in [0.15, 0.2) is 18.2 Å². The summed E-state index contributed by atoms with van der Waals surface area (Å²) in [5, 5.41) is 16.0. The van der Waals surface area contributed by atoms with Gasteiger partial charge >= 0.3 is 6.03 Å². The quantitative estimate of drug-likeness (QED) is 0.725. The molecule has 0 aromatic heterocycles. The molecule has 0 radical (unpaired) electrons. The van der Waals surface area contributed by atoms with E-state index in [4.69, 9.17) is 0 Å². The number of rotatable bonds is 4. The monoisotopic (exact) mass is 378 g/mol. The molecule has 1 aromatic rings. The first-order valence-corrected chi connectivity index (χ1v) is 9.75. The van der Waals surface area contributed by atoms with E-state index in [0.717, 1.165) is 16.7 Å². The van der Waals surface area contributed by atoms with E-state index in [-0.39, 0.29) is 30.1 Å². The van der Waals surface area contributed by atoms with E-state index in [1.165, 1.54) is 23.7 Å². The Balaban J connectivity index is 1.94. The molecule has 2 fully saturated rings. The molecule has 2 saturated heterocycles. The highest BCUT2D eigenvalue weighted by Gasteiger charge is 2.50. The molecular weight excluding hydrogens is 352 g/mol. The Morgan fingerprint density at radius 1 is 1.12 bits per heavy atom. The van der Waals surface area contributed by atoms with Crippen molar-refractivity contribution in [2.24, 2.45) is 5.92 Å². The molecule has 2 aliphatic rings. The number of urea groups is 1. The van der Waals surface area contributed by atoms with Gasteiger partial charge in [-0.05, 0) is 19.4 Å². The van der Waals surface area contributed by atoms with E-state index in [1.54, 1.807) is 11.9 Å². The van der Waals surface area contributed by atoms with Gasteiger partial charge < -0.3 is 10.0 Å². The van der Waals surface area contributed by atoms with Crippen LogP contribution < -0.4 is 10.6 Å². The number of nitrogens with one attached hydrogen (secondary N) is 2. The number of carbonyl (C=O) groups is 2. The maximum absolute atomic E-state index is 12.8. The van der Waals surface area contributed by atoms with E-state index in [9.17, 15) is 14.7 Å². The van der Waals surface area contributed by atoms with Gasteiger partial charge in [0.05, 0.1) is 30.2 Å². The molecule has 3 rings (SSSR count). The fraction of sp³-hybridized carbons (Fsp3) is 0.556. The standard InChI is InChI=1S/C18H26N4O3S/c1-10-7-11(2)9-12(8-10)14-19-15-13(16(20-14)26-6-5-23)17(24)22(4)18(25)21(15)3/h7-9,13-16,19-20,23H,5-6H2,1-4H3. The van der Waals surface area contributed by atoms with E-state index < -0.39 is 12.1 Å². The number of amides is 3. The number of aliphatic hydroxyl groups is 1. The minimum absolute atomic E-state index is 0.0423. The molecule has 142 valence electrons. The third-order valence-corrected chi connectivity index (χ3v) is 6.13. The second-order valence-electron chi connectivity index (χ2n) is 6.96. The summed E-state index contributed by atoms with van der Waals surface area (Å²) in [6.07, 6.45) is -0.577. The second kappa shape index (κ2) is 7.56. The van der Waals surface area contributed by atoms with Crippen LogP contribution in [0.3, 0.4) is 0 Å². The number of benzene rings is 1. The largest absolute Gasteiger partial charge is 0.396 e. The van der Waals surface area contributed by atoms with Crippen LogP contribution in [-0.4, -0.2) is 64.8 Å². The van der Waals surface area contributed by atoms with Gasteiger partial charge in [-0.1, -0.05) is 29.3 Å². The highest BCUT2D eigenvalue weighted by molar-refractivity contribution is 7.99. The van der Waals surface area contributed by atoms with Crippen LogP contribution in [0, 0.1) is 19.8 Å². The zero-order valence-corrected chi connectivity index (χ0v) is 16.3. The predicted molar refractivity (Wildman–Crippen MR) is 101 cm³/mol. The number of fused-ring (bicyclic) bond motifs is 1. The first-order chi connectivity index (χ1) is 12.3. The SMILES string of the molecule is Cc1cc(C)cc(C2NC(SCCO)C3C(=O)N(C)C(=O)N(C)C3N2)c1. The lowest BCUT2D eigenvalue weighted by atomic mass is 9.95. The van der Waals surface area contributed by atoms with Gasteiger partial charge in [0.2, 0.25) is 5.91 Å². The molecule has 3 N–H and O–H groups in total. The number of aliphatic hydroxyl groups excluding tert-OH is 1. The van der Waals surface area contributed by atoms with E-state index in [1.807, 2.05) is 0 Å². The van der Waals surface area contributed by atoms with E-state index in [2.05, 4.69) is 42.7 Å². The summed E-state index contributed by atoms with van der Waals surface area (Å²) in [6, 6.07) is 6.01. The number of aryl methyl sites for hydroxylation is 2. The van der Waals surface area contributed by atoms with Gasteiger partial charge in [0.15, 0.2) is 0 Å². The predicted octanol–water partition coefficient (Wildman–Crippen LogP) is 1.01. The number of nitrogens with zero attached hydrogens (tertiary/aromatic N) is 2. The van der Waals surface area contributed by atoms with Gasteiger partial charge in [-0.25, -0.2) is 4.79 Å². The minimum Gasteiger partial charge on any atom is -0.396 e. The van der Waals surface area contributed by atoms with Gasteiger partial charge in [-0.15, -0.1) is 11.8 Å². The summed E-state index contributed by atoms with van der Waals surface area (Å²) < 4.78 is 0. The molecule has 2 aliphatic heterocycles. The van der Waals surface area contributed by atoms with Crippen molar-refractivity contribution in [3.63, 3.8) is 0 Å². The first-order valence-electron chi connectivity index (χ1n) is 8.70. The Labute approximate surface area is 158 Å². The summed E-state index contributed by atoms with van der Waals surface area (Å²) in [5.41, 5.74) is 3.39. The summed E-state index contributed by atoms with van der Waals surface area (Å²) in [4.78, 5) is 27.9. The fourth-order valence-electron chi connectivity index (χ4n) is 3.75. The van der Waals surface area contributed by atoms with Crippen molar-refractivity contribution in [1.82, 2.24) is 20.4 Å². The molecule has 0 spiro atoms. The van der Waals surface area contributed by atoms with Crippen molar-refractivity contribution in [2.75, 3.05) is 26.5 Å². The number of carbonyl (C=O) groups excluding carboxylic acids is 2. The van der Waals surface area contributed by atoms with Crippen molar-refractivity contribution < 1.29 is 14.7 Å². The Kier molecular flexibility index (Phi) is 5.57. The first kappa shape index (κ1) is 19.2. The number of hydrogen-bond acceptors (Lipinski definition) is 6. The van der Waals surface area contributed by atoms with Crippen molar-refractivity contribution in [1.29, 1.82) is 0 Å². The van der Waals surface area contributed by atoms with Crippen molar-refractivity contribution >= 4 is 23.7 Å². The normalized spacial score (nSPS) is 29.1. The van der Waals surface area contributed by atoms with Gasteiger partial charge in [0.1, 0.15) is 0 Å². The lowest BCUT2D eigenvalue weighted by Crippen LogP contribution is -2.72. The van der Waals surface area contributed by atoms with Crippen LogP contribution in [0.1, 0.15) is 22.9 Å². The number of imide groups is 1. The van der Waals surface area contributed by atoms with Crippen molar-refractivity contribution in [3.8, 4) is 0 Å². The second-order valence-corrected chi connectivity index (χ2v) is 8.21. The zero-order valence-electron chi connectivity index (χ0n) is 15.5. The highest BCUT2D eigenvalue weighted by atomic mass is 32.2. The van der Waals surface area contributed by atoms with Gasteiger partial charge in [-0.3, -0.25) is 20.3 Å². The highest BCUT2D eigenvalue weighted by Crippen LogP contribution is 2.34. The van der Waals surface area contributed by atoms with Crippen LogP contribution in [0.25, 0.3) is 0 Å². The van der Waals surface area contributed by atoms with Gasteiger partial charge in [0.25, 0.3) is 0 Å². The van der Waals surface area contributed by atoms with Crippen LogP contribution in [0.4, 0.5) is 4.79 Å². The maximum Gasteiger partial charge on any atom is 0.327 e. The summed E-state index contributed by atoms with van der Waals surface area (Å²) in [6.45, 7) is 4.14. The molecule has 4 unspecified atom stereocenters. The smallest absolute Gasteiger partial charge is 0.327 e. The molecule has 0 bridgehead atoms. The van der Waals surface area contributed by atoms with Crippen LogP contribution in [0.2, 0.25) is 0 Å². The molecule has 26 heavy (non-hydrogen) atoms. The van der Waals surface area contributed by atoms with Crippen molar-refractivity contribution in [2.45, 2.75) is 31.6 Å². The fourth-order valence-corrected chi connectivity index (χ4v) is 4.81. The van der Waals surface area contributed by atoms with Crippen molar-refractivity contribution in [3.05, 3.63) is 34.9 Å². The Hall–Kier alpha value is -1.61. The average molecular weight is 378 g/mol. The maximum atomic E-state index is 12.8. The zero-order chi connectivity index (χ0) is 19.0. The van der Waals surface area contributed by atoms with Gasteiger partial charge in [-0.2, -0.15) is 0 Å². The Bertz CT molecular complexity index is 693. The molecule has 0 saturated carbocycles. The lowest BCUT2D eigenvalue weighted by Gasteiger charge is -2.50. The number of thioether (sulfide) groups is 1. The summed E-state index contributed by atoms with van der Waals surface area (Å²) in [5.74, 6) is -0.0939. The molecular formula is C18H26N4O3S. The van der Waals surface area contributed by atoms with E-state index >= 15 is 0 Å². The summed E-state index contributed by atoms with van der Waals surface area (Å²) >= 11 is 1.51. The molecule has 4 atom stereocenters. The molecule has 0 aliphatic carbocycles. The van der Waals surface area contributed by atoms with Crippen LogP contribution >= 0.6 is 11.8 Å². The molecule has 1 aromatic carbocycles. The Morgan fingerprint density at radius 2 is 1.77 bits per heavy atom. The molecule has 8 heteroatoms. The number of hydrogen-bond donors (Lipinski definition) is 3. The average Bonchev–Trinajstić information content (AvgIpc) is 2.61. The third kappa shape index (κ3) is 3.46. The summed E-state index contributed by atoms with van der Waals surface area (Å²) in [7, 11) is 3.23. The van der Waals surface area contributed by atoms with E-state index in [0.29, 0.717) is 5.75 Å². The van der Waals surface area contributed by atoms with Crippen LogP contribution in [0.5, 0.6) is 0 Å². The van der Waals surface area contributed by atoms with Gasteiger partial charge in [0, 0.05) is 19.8 Å². The topological polar surface area (TPSA) is 84.9 Å². The Morgan fingerprint density at radius 3 is 2.38 bits per heavy atom.